The Morgan fingerprint density at radius 1 is 1.50 bits per heavy atom. The fourth-order valence-corrected chi connectivity index (χ4v) is 2.03. The zero-order valence-corrected chi connectivity index (χ0v) is 11.3. The molecule has 1 rings (SSSR count). The fourth-order valence-electron chi connectivity index (χ4n) is 2.03. The Hall–Kier alpha value is -1.49. The number of hydrogen-bond donors (Lipinski definition) is 1. The first-order valence-electron chi connectivity index (χ1n) is 6.41. The van der Waals surface area contributed by atoms with Gasteiger partial charge in [0, 0.05) is 36.0 Å². The van der Waals surface area contributed by atoms with Gasteiger partial charge < -0.3 is 5.32 Å². The van der Waals surface area contributed by atoms with Crippen LogP contribution in [0.2, 0.25) is 0 Å². The first-order valence-corrected chi connectivity index (χ1v) is 6.41. The van der Waals surface area contributed by atoms with Crippen LogP contribution < -0.4 is 5.32 Å². The molecule has 0 bridgehead atoms. The highest BCUT2D eigenvalue weighted by Gasteiger charge is 2.14. The minimum Gasteiger partial charge on any atom is -0.314 e. The fraction of sp³-hybridized carbons (Fsp3) is 0.615. The maximum absolute atomic E-state index is 10.9. The highest BCUT2D eigenvalue weighted by molar-refractivity contribution is 5.38. The van der Waals surface area contributed by atoms with E-state index in [0.717, 1.165) is 31.5 Å². The summed E-state index contributed by atoms with van der Waals surface area (Å²) < 4.78 is 0. The zero-order chi connectivity index (χ0) is 13.5. The van der Waals surface area contributed by atoms with Gasteiger partial charge in [-0.25, -0.2) is 0 Å². The predicted molar refractivity (Wildman–Crippen MR) is 71.7 cm³/mol. The van der Waals surface area contributed by atoms with Crippen molar-refractivity contribution in [3.05, 3.63) is 33.6 Å². The smallest absolute Gasteiger partial charge is 0.275 e. The van der Waals surface area contributed by atoms with Crippen molar-refractivity contribution in [2.45, 2.75) is 46.1 Å². The van der Waals surface area contributed by atoms with Gasteiger partial charge in [-0.15, -0.1) is 0 Å². The van der Waals surface area contributed by atoms with Gasteiger partial charge >= 0.3 is 0 Å². The van der Waals surface area contributed by atoms with E-state index >= 15 is 0 Å². The van der Waals surface area contributed by atoms with Crippen LogP contribution in [0.15, 0.2) is 12.3 Å². The molecule has 0 amide bonds. The molecule has 1 aromatic rings. The molecule has 5 heteroatoms. The van der Waals surface area contributed by atoms with Gasteiger partial charge in [-0.3, -0.25) is 15.1 Å². The molecule has 0 aliphatic carbocycles. The molecule has 0 spiro atoms. The molecule has 0 fully saturated rings. The standard InChI is InChI=1S/C13H21N3O2/c1-4-6-11(14-5-2)7-12-8-13(16(17)18)10(3)9-15-12/h8-9,11,14H,4-7H2,1-3H3. The molecule has 0 radical (unpaired) electrons. The minimum atomic E-state index is -0.345. The second kappa shape index (κ2) is 7.06. The summed E-state index contributed by atoms with van der Waals surface area (Å²) in [6, 6.07) is 1.94. The Kier molecular flexibility index (Phi) is 5.71. The molecule has 5 nitrogen and oxygen atoms in total. The molecular formula is C13H21N3O2. The molecule has 18 heavy (non-hydrogen) atoms. The lowest BCUT2D eigenvalue weighted by Crippen LogP contribution is -2.31. The van der Waals surface area contributed by atoms with Crippen molar-refractivity contribution in [3.63, 3.8) is 0 Å². The summed E-state index contributed by atoms with van der Waals surface area (Å²) in [7, 11) is 0. The first-order chi connectivity index (χ1) is 8.58. The second-order valence-corrected chi connectivity index (χ2v) is 4.47. The van der Waals surface area contributed by atoms with Crippen LogP contribution in [0.25, 0.3) is 0 Å². The highest BCUT2D eigenvalue weighted by atomic mass is 16.6. The number of nitrogens with zero attached hydrogens (tertiary/aromatic N) is 2. The zero-order valence-electron chi connectivity index (χ0n) is 11.3. The van der Waals surface area contributed by atoms with Crippen molar-refractivity contribution in [3.8, 4) is 0 Å². The summed E-state index contributed by atoms with van der Waals surface area (Å²) in [5.74, 6) is 0. The molecule has 1 aromatic heterocycles. The van der Waals surface area contributed by atoms with E-state index < -0.39 is 0 Å². The second-order valence-electron chi connectivity index (χ2n) is 4.47. The maximum atomic E-state index is 10.9. The molecule has 100 valence electrons. The summed E-state index contributed by atoms with van der Waals surface area (Å²) in [5.41, 5.74) is 1.55. The summed E-state index contributed by atoms with van der Waals surface area (Å²) >= 11 is 0. The highest BCUT2D eigenvalue weighted by Crippen LogP contribution is 2.18. The SMILES string of the molecule is CCCC(Cc1cc([N+](=O)[O-])c(C)cn1)NCC. The van der Waals surface area contributed by atoms with Crippen molar-refractivity contribution in [1.82, 2.24) is 10.3 Å². The molecule has 1 heterocycles. The van der Waals surface area contributed by atoms with E-state index in [0.29, 0.717) is 11.6 Å². The van der Waals surface area contributed by atoms with Crippen molar-refractivity contribution >= 4 is 5.69 Å². The summed E-state index contributed by atoms with van der Waals surface area (Å²) in [6.07, 6.45) is 4.47. The molecule has 1 unspecified atom stereocenters. The van der Waals surface area contributed by atoms with Crippen LogP contribution in [0.4, 0.5) is 5.69 Å². The van der Waals surface area contributed by atoms with Crippen molar-refractivity contribution < 1.29 is 4.92 Å². The first kappa shape index (κ1) is 14.6. The van der Waals surface area contributed by atoms with Crippen molar-refractivity contribution in [1.29, 1.82) is 0 Å². The summed E-state index contributed by atoms with van der Waals surface area (Å²) in [4.78, 5) is 14.8. The number of likely N-dealkylation sites (N-methyl/N-ethyl adjacent to an activating group) is 1. The number of aryl methyl sites for hydroxylation is 1. The average molecular weight is 251 g/mol. The monoisotopic (exact) mass is 251 g/mol. The molecular weight excluding hydrogens is 230 g/mol. The third-order valence-corrected chi connectivity index (χ3v) is 2.91. The van der Waals surface area contributed by atoms with Crippen LogP contribution in [-0.2, 0) is 6.42 Å². The Morgan fingerprint density at radius 2 is 2.22 bits per heavy atom. The molecule has 0 aliphatic rings. The summed E-state index contributed by atoms with van der Waals surface area (Å²) in [6.45, 7) is 6.81. The third kappa shape index (κ3) is 4.07. The van der Waals surface area contributed by atoms with Gasteiger partial charge in [0.15, 0.2) is 0 Å². The Balaban J connectivity index is 2.82. The van der Waals surface area contributed by atoms with Gasteiger partial charge in [-0.05, 0) is 19.9 Å². The van der Waals surface area contributed by atoms with Gasteiger partial charge in [0.1, 0.15) is 0 Å². The lowest BCUT2D eigenvalue weighted by atomic mass is 10.0. The average Bonchev–Trinajstić information content (AvgIpc) is 2.32. The number of rotatable bonds is 7. The van der Waals surface area contributed by atoms with E-state index in [9.17, 15) is 10.1 Å². The molecule has 0 saturated heterocycles. The number of nitrogens with one attached hydrogen (secondary N) is 1. The minimum absolute atomic E-state index is 0.159. The lowest BCUT2D eigenvalue weighted by molar-refractivity contribution is -0.385. The Labute approximate surface area is 108 Å². The van der Waals surface area contributed by atoms with E-state index in [2.05, 4.69) is 24.1 Å². The van der Waals surface area contributed by atoms with E-state index in [1.807, 2.05) is 0 Å². The van der Waals surface area contributed by atoms with Gasteiger partial charge in [0.25, 0.3) is 5.69 Å². The molecule has 1 atom stereocenters. The Bertz CT molecular complexity index is 401. The number of nitro groups is 1. The van der Waals surface area contributed by atoms with Crippen LogP contribution in [0.1, 0.15) is 37.9 Å². The van der Waals surface area contributed by atoms with Crippen molar-refractivity contribution in [2.24, 2.45) is 0 Å². The normalized spacial score (nSPS) is 12.4. The van der Waals surface area contributed by atoms with E-state index in [4.69, 9.17) is 0 Å². The lowest BCUT2D eigenvalue weighted by Gasteiger charge is -2.16. The van der Waals surface area contributed by atoms with Crippen molar-refractivity contribution in [2.75, 3.05) is 6.54 Å². The number of aromatic nitrogens is 1. The summed E-state index contributed by atoms with van der Waals surface area (Å²) in [5, 5.41) is 14.3. The predicted octanol–water partition coefficient (Wildman–Crippen LogP) is 2.62. The van der Waals surface area contributed by atoms with Crippen LogP contribution in [0.3, 0.4) is 0 Å². The van der Waals surface area contributed by atoms with Gasteiger partial charge in [-0.2, -0.15) is 0 Å². The van der Waals surface area contributed by atoms with Crippen LogP contribution in [-0.4, -0.2) is 22.5 Å². The van der Waals surface area contributed by atoms with Gasteiger partial charge in [0.2, 0.25) is 0 Å². The van der Waals surface area contributed by atoms with Crippen LogP contribution >= 0.6 is 0 Å². The van der Waals surface area contributed by atoms with E-state index in [-0.39, 0.29) is 10.6 Å². The molecule has 0 aliphatic heterocycles. The van der Waals surface area contributed by atoms with Crippen LogP contribution in [0, 0.1) is 17.0 Å². The largest absolute Gasteiger partial charge is 0.314 e. The van der Waals surface area contributed by atoms with E-state index in [1.165, 1.54) is 0 Å². The third-order valence-electron chi connectivity index (χ3n) is 2.91. The molecule has 0 aromatic carbocycles. The molecule has 1 N–H and O–H groups in total. The van der Waals surface area contributed by atoms with E-state index in [1.54, 1.807) is 19.2 Å². The van der Waals surface area contributed by atoms with Gasteiger partial charge in [0.05, 0.1) is 4.92 Å². The van der Waals surface area contributed by atoms with Crippen LogP contribution in [0.5, 0.6) is 0 Å². The van der Waals surface area contributed by atoms with Gasteiger partial charge in [-0.1, -0.05) is 20.3 Å². The molecule has 0 saturated carbocycles. The Morgan fingerprint density at radius 3 is 2.78 bits per heavy atom. The topological polar surface area (TPSA) is 68.1 Å². The number of hydrogen-bond acceptors (Lipinski definition) is 4. The number of pyridine rings is 1. The maximum Gasteiger partial charge on any atom is 0.275 e. The quantitative estimate of drug-likeness (QED) is 0.597.